The normalized spacial score (nSPS) is 12.0. The molecule has 0 saturated heterocycles. The molecule has 1 atom stereocenters. The molecule has 0 aliphatic heterocycles. The summed E-state index contributed by atoms with van der Waals surface area (Å²) in [4.78, 5) is 11.0. The Balaban J connectivity index is 2.43. The van der Waals surface area contributed by atoms with E-state index in [2.05, 4.69) is 13.0 Å². The van der Waals surface area contributed by atoms with Gasteiger partial charge in [-0.3, -0.25) is 0 Å². The smallest absolute Gasteiger partial charge is 0.335 e. The predicted molar refractivity (Wildman–Crippen MR) is 87.5 cm³/mol. The lowest BCUT2D eigenvalue weighted by atomic mass is 9.93. The van der Waals surface area contributed by atoms with Crippen LogP contribution in [-0.4, -0.2) is 24.7 Å². The third kappa shape index (κ3) is 3.46. The molecule has 0 bridgehead atoms. The second kappa shape index (κ2) is 7.09. The molecule has 0 saturated carbocycles. The zero-order chi connectivity index (χ0) is 16.1. The molecule has 0 fully saturated rings. The molecule has 1 unspecified atom stereocenters. The standard InChI is InChI=1S/C18H21NO3/c1-12(9-10-19)15-7-8-17(22-2)16(11-15)13-3-5-14(6-4-13)18(20)21/h3-8,11-12H,9-10,19H2,1-2H3,(H,20,21). The van der Waals surface area contributed by atoms with E-state index in [1.165, 1.54) is 5.56 Å². The first kappa shape index (κ1) is 16.0. The number of hydrogen-bond acceptors (Lipinski definition) is 3. The summed E-state index contributed by atoms with van der Waals surface area (Å²) in [6.45, 7) is 2.79. The Morgan fingerprint density at radius 1 is 1.23 bits per heavy atom. The quantitative estimate of drug-likeness (QED) is 0.856. The fourth-order valence-corrected chi connectivity index (χ4v) is 2.47. The average molecular weight is 299 g/mol. The van der Waals surface area contributed by atoms with Gasteiger partial charge in [0, 0.05) is 5.56 Å². The fraction of sp³-hybridized carbons (Fsp3) is 0.278. The highest BCUT2D eigenvalue weighted by atomic mass is 16.5. The van der Waals surface area contributed by atoms with Gasteiger partial charge in [-0.15, -0.1) is 0 Å². The minimum Gasteiger partial charge on any atom is -0.496 e. The minimum atomic E-state index is -0.927. The molecule has 116 valence electrons. The Morgan fingerprint density at radius 2 is 1.91 bits per heavy atom. The number of carboxylic acids is 1. The fourth-order valence-electron chi connectivity index (χ4n) is 2.47. The van der Waals surface area contributed by atoms with Crippen LogP contribution in [0.25, 0.3) is 11.1 Å². The third-order valence-electron chi connectivity index (χ3n) is 3.84. The molecule has 2 rings (SSSR count). The highest BCUT2D eigenvalue weighted by Crippen LogP contribution is 2.33. The molecule has 2 aromatic carbocycles. The van der Waals surface area contributed by atoms with Crippen LogP contribution < -0.4 is 10.5 Å². The predicted octanol–water partition coefficient (Wildman–Crippen LogP) is 3.51. The van der Waals surface area contributed by atoms with Crippen molar-refractivity contribution in [3.8, 4) is 16.9 Å². The van der Waals surface area contributed by atoms with Gasteiger partial charge in [-0.1, -0.05) is 25.1 Å². The Hall–Kier alpha value is -2.33. The zero-order valence-corrected chi connectivity index (χ0v) is 12.9. The van der Waals surface area contributed by atoms with Gasteiger partial charge in [-0.2, -0.15) is 0 Å². The van der Waals surface area contributed by atoms with Crippen molar-refractivity contribution in [1.82, 2.24) is 0 Å². The molecule has 0 aliphatic carbocycles. The summed E-state index contributed by atoms with van der Waals surface area (Å²) in [6.07, 6.45) is 0.920. The van der Waals surface area contributed by atoms with Crippen molar-refractivity contribution in [1.29, 1.82) is 0 Å². The van der Waals surface area contributed by atoms with Crippen molar-refractivity contribution in [2.45, 2.75) is 19.3 Å². The molecular formula is C18H21NO3. The molecule has 2 aromatic rings. The maximum atomic E-state index is 11.0. The minimum absolute atomic E-state index is 0.273. The number of methoxy groups -OCH3 is 1. The highest BCUT2D eigenvalue weighted by molar-refractivity contribution is 5.88. The molecule has 0 radical (unpaired) electrons. The van der Waals surface area contributed by atoms with Gasteiger partial charge in [0.15, 0.2) is 0 Å². The third-order valence-corrected chi connectivity index (χ3v) is 3.84. The maximum Gasteiger partial charge on any atom is 0.335 e. The largest absolute Gasteiger partial charge is 0.496 e. The van der Waals surface area contributed by atoms with Crippen LogP contribution >= 0.6 is 0 Å². The van der Waals surface area contributed by atoms with Crippen molar-refractivity contribution >= 4 is 5.97 Å². The van der Waals surface area contributed by atoms with E-state index in [0.29, 0.717) is 12.5 Å². The summed E-state index contributed by atoms with van der Waals surface area (Å²) < 4.78 is 5.43. The monoisotopic (exact) mass is 299 g/mol. The van der Waals surface area contributed by atoms with Crippen molar-refractivity contribution < 1.29 is 14.6 Å². The van der Waals surface area contributed by atoms with E-state index < -0.39 is 5.97 Å². The number of carboxylic acid groups (broad SMARTS) is 1. The number of rotatable bonds is 6. The number of nitrogens with two attached hydrogens (primary N) is 1. The van der Waals surface area contributed by atoms with Gasteiger partial charge in [-0.25, -0.2) is 4.79 Å². The van der Waals surface area contributed by atoms with Gasteiger partial charge in [0.05, 0.1) is 12.7 Å². The Kier molecular flexibility index (Phi) is 5.17. The molecule has 0 spiro atoms. The lowest BCUT2D eigenvalue weighted by molar-refractivity contribution is 0.0697. The van der Waals surface area contributed by atoms with Gasteiger partial charge >= 0.3 is 5.97 Å². The summed E-state index contributed by atoms with van der Waals surface area (Å²) in [5.41, 5.74) is 9.00. The molecule has 0 aliphatic rings. The van der Waals surface area contributed by atoms with Crippen LogP contribution in [-0.2, 0) is 0 Å². The molecule has 0 heterocycles. The van der Waals surface area contributed by atoms with Crippen molar-refractivity contribution in [3.05, 3.63) is 53.6 Å². The van der Waals surface area contributed by atoms with Crippen LogP contribution in [0, 0.1) is 0 Å². The van der Waals surface area contributed by atoms with E-state index in [-0.39, 0.29) is 5.56 Å². The van der Waals surface area contributed by atoms with Gasteiger partial charge in [0.2, 0.25) is 0 Å². The van der Waals surface area contributed by atoms with E-state index in [1.54, 1.807) is 31.4 Å². The van der Waals surface area contributed by atoms with Gasteiger partial charge < -0.3 is 15.6 Å². The van der Waals surface area contributed by atoms with Crippen LogP contribution in [0.3, 0.4) is 0 Å². The Morgan fingerprint density at radius 3 is 2.45 bits per heavy atom. The topological polar surface area (TPSA) is 72.5 Å². The lowest BCUT2D eigenvalue weighted by Gasteiger charge is -2.15. The van der Waals surface area contributed by atoms with E-state index in [0.717, 1.165) is 23.3 Å². The molecule has 0 aromatic heterocycles. The van der Waals surface area contributed by atoms with Crippen LogP contribution in [0.15, 0.2) is 42.5 Å². The first-order valence-corrected chi connectivity index (χ1v) is 7.28. The second-order valence-corrected chi connectivity index (χ2v) is 5.32. The summed E-state index contributed by atoms with van der Waals surface area (Å²) >= 11 is 0. The first-order chi connectivity index (χ1) is 10.6. The molecule has 0 amide bonds. The number of aromatic carboxylic acids is 1. The molecule has 4 nitrogen and oxygen atoms in total. The first-order valence-electron chi connectivity index (χ1n) is 7.28. The molecule has 22 heavy (non-hydrogen) atoms. The Labute approximate surface area is 130 Å². The number of benzene rings is 2. The summed E-state index contributed by atoms with van der Waals surface area (Å²) in [5.74, 6) is 0.212. The summed E-state index contributed by atoms with van der Waals surface area (Å²) in [6, 6.07) is 12.9. The summed E-state index contributed by atoms with van der Waals surface area (Å²) in [7, 11) is 1.63. The summed E-state index contributed by atoms with van der Waals surface area (Å²) in [5, 5.41) is 8.99. The van der Waals surface area contributed by atoms with Gasteiger partial charge in [-0.05, 0) is 54.3 Å². The average Bonchev–Trinajstić information content (AvgIpc) is 2.54. The highest BCUT2D eigenvalue weighted by Gasteiger charge is 2.12. The van der Waals surface area contributed by atoms with Crippen LogP contribution in [0.2, 0.25) is 0 Å². The van der Waals surface area contributed by atoms with Gasteiger partial charge in [0.25, 0.3) is 0 Å². The van der Waals surface area contributed by atoms with Crippen LogP contribution in [0.5, 0.6) is 5.75 Å². The van der Waals surface area contributed by atoms with Gasteiger partial charge in [0.1, 0.15) is 5.75 Å². The maximum absolute atomic E-state index is 11.0. The Bertz CT molecular complexity index is 650. The van der Waals surface area contributed by atoms with E-state index >= 15 is 0 Å². The molecule has 4 heteroatoms. The van der Waals surface area contributed by atoms with Crippen molar-refractivity contribution in [2.24, 2.45) is 5.73 Å². The zero-order valence-electron chi connectivity index (χ0n) is 12.9. The number of hydrogen-bond donors (Lipinski definition) is 2. The number of ether oxygens (including phenoxy) is 1. The van der Waals surface area contributed by atoms with E-state index in [9.17, 15) is 4.79 Å². The number of carbonyl (C=O) groups is 1. The van der Waals surface area contributed by atoms with E-state index in [1.807, 2.05) is 12.1 Å². The van der Waals surface area contributed by atoms with Crippen LogP contribution in [0.1, 0.15) is 35.2 Å². The molecule has 3 N–H and O–H groups in total. The second-order valence-electron chi connectivity index (χ2n) is 5.32. The van der Waals surface area contributed by atoms with Crippen LogP contribution in [0.4, 0.5) is 0 Å². The van der Waals surface area contributed by atoms with Crippen molar-refractivity contribution in [2.75, 3.05) is 13.7 Å². The van der Waals surface area contributed by atoms with Crippen molar-refractivity contribution in [3.63, 3.8) is 0 Å². The van der Waals surface area contributed by atoms with E-state index in [4.69, 9.17) is 15.6 Å². The lowest BCUT2D eigenvalue weighted by Crippen LogP contribution is -2.05. The SMILES string of the molecule is COc1ccc(C(C)CCN)cc1-c1ccc(C(=O)O)cc1. The molecular weight excluding hydrogens is 278 g/mol.